The van der Waals surface area contributed by atoms with Crippen LogP contribution in [0.1, 0.15) is 22.3 Å². The Morgan fingerprint density at radius 2 is 0.602 bits per heavy atom. The van der Waals surface area contributed by atoms with Gasteiger partial charge in [0.25, 0.3) is 0 Å². The molecular weight excluding hydrogens is 1000 g/mol. The van der Waals surface area contributed by atoms with E-state index in [1.807, 2.05) is 0 Å². The first-order valence-electron chi connectivity index (χ1n) is 28.7. The van der Waals surface area contributed by atoms with Crippen molar-refractivity contribution in [2.75, 3.05) is 4.90 Å². The van der Waals surface area contributed by atoms with Gasteiger partial charge in [-0.2, -0.15) is 0 Å². The maximum atomic E-state index is 2.41. The van der Waals surface area contributed by atoms with Gasteiger partial charge in [-0.15, -0.1) is 0 Å². The third kappa shape index (κ3) is 7.94. The molecule has 0 saturated carbocycles. The van der Waals surface area contributed by atoms with Crippen molar-refractivity contribution in [1.82, 2.24) is 4.57 Å². The van der Waals surface area contributed by atoms with Crippen molar-refractivity contribution in [2.24, 2.45) is 0 Å². The second-order valence-electron chi connectivity index (χ2n) is 21.9. The van der Waals surface area contributed by atoms with Crippen molar-refractivity contribution in [3.63, 3.8) is 0 Å². The first-order valence-corrected chi connectivity index (χ1v) is 28.7. The summed E-state index contributed by atoms with van der Waals surface area (Å²) in [7, 11) is 0. The van der Waals surface area contributed by atoms with E-state index >= 15 is 0 Å². The fourth-order valence-electron chi connectivity index (χ4n) is 13.6. The third-order valence-corrected chi connectivity index (χ3v) is 17.5. The zero-order chi connectivity index (χ0) is 54.8. The van der Waals surface area contributed by atoms with Gasteiger partial charge in [-0.3, -0.25) is 0 Å². The molecule has 1 aromatic heterocycles. The van der Waals surface area contributed by atoms with E-state index in [1.165, 1.54) is 116 Å². The summed E-state index contributed by atoms with van der Waals surface area (Å²) in [6, 6.07) is 121. The topological polar surface area (TPSA) is 8.17 Å². The number of nitrogens with zero attached hydrogens (tertiary/aromatic N) is 2. The Hall–Kier alpha value is -10.8. The molecule has 0 bridgehead atoms. The lowest BCUT2D eigenvalue weighted by molar-refractivity contribution is 0.768. The first kappa shape index (κ1) is 48.1. The van der Waals surface area contributed by atoms with Crippen molar-refractivity contribution in [1.29, 1.82) is 0 Å². The van der Waals surface area contributed by atoms with E-state index in [4.69, 9.17) is 0 Å². The second-order valence-corrected chi connectivity index (χ2v) is 21.9. The minimum Gasteiger partial charge on any atom is -0.311 e. The number of hydrogen-bond donors (Lipinski definition) is 0. The Kier molecular flexibility index (Phi) is 11.5. The Bertz CT molecular complexity index is 4740. The van der Waals surface area contributed by atoms with E-state index in [1.54, 1.807) is 0 Å². The molecule has 2 nitrogen and oxygen atoms in total. The van der Waals surface area contributed by atoms with Crippen LogP contribution in [0.2, 0.25) is 0 Å². The van der Waals surface area contributed by atoms with Gasteiger partial charge >= 0.3 is 0 Å². The molecule has 0 aliphatic heterocycles. The summed E-state index contributed by atoms with van der Waals surface area (Å²) in [5.41, 5.74) is 23.6. The molecule has 0 spiro atoms. The molecule has 0 atom stereocenters. The van der Waals surface area contributed by atoms with Crippen LogP contribution in [0, 0.1) is 0 Å². The molecule has 0 saturated heterocycles. The van der Waals surface area contributed by atoms with Gasteiger partial charge in [0.05, 0.1) is 16.4 Å². The molecule has 15 aromatic rings. The second kappa shape index (κ2) is 19.8. The van der Waals surface area contributed by atoms with Crippen LogP contribution < -0.4 is 4.90 Å². The maximum Gasteiger partial charge on any atom is 0.0713 e. The fourth-order valence-corrected chi connectivity index (χ4v) is 13.6. The molecule has 0 N–H and O–H groups in total. The van der Waals surface area contributed by atoms with Crippen LogP contribution in [0.25, 0.3) is 105 Å². The summed E-state index contributed by atoms with van der Waals surface area (Å²) in [4.78, 5) is 2.38. The molecule has 14 aromatic carbocycles. The third-order valence-electron chi connectivity index (χ3n) is 17.5. The number of benzene rings is 14. The number of rotatable bonds is 10. The fraction of sp³-hybridized carbons (Fsp3) is 0.0123. The average Bonchev–Trinajstić information content (AvgIpc) is 1.85. The minimum atomic E-state index is -0.443. The normalized spacial score (nSPS) is 12.4. The Labute approximate surface area is 483 Å². The highest BCUT2D eigenvalue weighted by Gasteiger charge is 2.45. The van der Waals surface area contributed by atoms with E-state index in [-0.39, 0.29) is 0 Å². The molecule has 0 fully saturated rings. The minimum absolute atomic E-state index is 0.443. The monoisotopic (exact) mass is 1050 g/mol. The van der Waals surface area contributed by atoms with Crippen LogP contribution in [-0.2, 0) is 5.41 Å². The lowest BCUT2D eigenvalue weighted by atomic mass is 9.67. The van der Waals surface area contributed by atoms with Gasteiger partial charge < -0.3 is 9.47 Å². The van der Waals surface area contributed by atoms with Crippen LogP contribution in [0.4, 0.5) is 17.1 Å². The van der Waals surface area contributed by atoms with Gasteiger partial charge in [-0.25, -0.2) is 0 Å². The van der Waals surface area contributed by atoms with Crippen molar-refractivity contribution < 1.29 is 0 Å². The molecule has 0 amide bonds. The number of anilines is 3. The molecule has 1 aliphatic rings. The van der Waals surface area contributed by atoms with Gasteiger partial charge in [0, 0.05) is 33.5 Å². The van der Waals surface area contributed by atoms with Crippen LogP contribution in [0.15, 0.2) is 328 Å². The highest BCUT2D eigenvalue weighted by Crippen LogP contribution is 2.56. The summed E-state index contributed by atoms with van der Waals surface area (Å²) in [5.74, 6) is 0. The van der Waals surface area contributed by atoms with E-state index in [0.717, 1.165) is 28.3 Å². The summed E-state index contributed by atoms with van der Waals surface area (Å²) in [6.45, 7) is 0. The van der Waals surface area contributed by atoms with Crippen LogP contribution in [0.5, 0.6) is 0 Å². The molecule has 2 heteroatoms. The molecule has 1 aliphatic carbocycles. The summed E-state index contributed by atoms with van der Waals surface area (Å²) >= 11 is 0. The maximum absolute atomic E-state index is 2.41. The van der Waals surface area contributed by atoms with Gasteiger partial charge in [0.2, 0.25) is 0 Å². The van der Waals surface area contributed by atoms with Crippen LogP contribution in [-0.4, -0.2) is 4.57 Å². The van der Waals surface area contributed by atoms with Crippen molar-refractivity contribution in [3.05, 3.63) is 350 Å². The van der Waals surface area contributed by atoms with Gasteiger partial charge in [-0.1, -0.05) is 255 Å². The molecule has 0 unspecified atom stereocenters. The predicted molar refractivity (Wildman–Crippen MR) is 350 cm³/mol. The Balaban J connectivity index is 0.781. The molecular formula is C81H54N2. The highest BCUT2D eigenvalue weighted by atomic mass is 15.1. The lowest BCUT2D eigenvalue weighted by Gasteiger charge is -2.34. The van der Waals surface area contributed by atoms with Crippen molar-refractivity contribution >= 4 is 60.4 Å². The predicted octanol–water partition coefficient (Wildman–Crippen LogP) is 21.6. The number of para-hydroxylation sites is 1. The molecule has 388 valence electrons. The van der Waals surface area contributed by atoms with Crippen molar-refractivity contribution in [3.8, 4) is 61.3 Å². The van der Waals surface area contributed by atoms with Gasteiger partial charge in [0.1, 0.15) is 0 Å². The van der Waals surface area contributed by atoms with Gasteiger partial charge in [-0.05, 0) is 172 Å². The van der Waals surface area contributed by atoms with Crippen molar-refractivity contribution in [2.45, 2.75) is 5.41 Å². The summed E-state index contributed by atoms with van der Waals surface area (Å²) in [5, 5.41) is 7.42. The Morgan fingerprint density at radius 1 is 0.241 bits per heavy atom. The molecule has 83 heavy (non-hydrogen) atoms. The average molecular weight is 1060 g/mol. The highest BCUT2D eigenvalue weighted by molar-refractivity contribution is 6.12. The standard InChI is InChI=1S/C81H54N2/c1-3-21-63(22-4-1)81(77-31-13-11-27-73(77)74-28-12-14-32-78(74)81)64-43-33-55(34-44-64)61-41-51-79-75(53-61)76-54-62(42-52-80(76)83(79)65-23-5-2-6-24-65)56-35-45-66(46-36-56)82(67-47-37-59(38-48-67)71-29-15-19-57-17-7-9-25-69(57)71)68-49-39-60(40-50-68)72-30-16-20-58-18-8-10-26-70(58)72/h1-54H. The molecule has 1 heterocycles. The number of hydrogen-bond acceptors (Lipinski definition) is 1. The Morgan fingerprint density at radius 3 is 1.10 bits per heavy atom. The zero-order valence-electron chi connectivity index (χ0n) is 45.6. The van der Waals surface area contributed by atoms with E-state index in [2.05, 4.69) is 337 Å². The summed E-state index contributed by atoms with van der Waals surface area (Å²) < 4.78 is 2.41. The molecule has 0 radical (unpaired) electrons. The number of fused-ring (bicyclic) bond motifs is 8. The lowest BCUT2D eigenvalue weighted by Crippen LogP contribution is -2.28. The van der Waals surface area contributed by atoms with E-state index in [0.29, 0.717) is 0 Å². The van der Waals surface area contributed by atoms with E-state index < -0.39 is 5.41 Å². The smallest absolute Gasteiger partial charge is 0.0713 e. The SMILES string of the molecule is c1ccc(-n2c3ccc(-c4ccc(N(c5ccc(-c6cccc7ccccc67)cc5)c5ccc(-c6cccc7ccccc67)cc5)cc4)cc3c3cc(-c4ccc(C5(c6ccccc6)c6ccccc6-c6ccccc65)cc4)ccc32)cc1. The largest absolute Gasteiger partial charge is 0.311 e. The zero-order valence-corrected chi connectivity index (χ0v) is 45.6. The first-order chi connectivity index (χ1) is 41.2. The van der Waals surface area contributed by atoms with E-state index in [9.17, 15) is 0 Å². The molecule has 16 rings (SSSR count). The number of aromatic nitrogens is 1. The van der Waals surface area contributed by atoms with Crippen LogP contribution >= 0.6 is 0 Å². The quantitative estimate of drug-likeness (QED) is 0.133. The van der Waals surface area contributed by atoms with Crippen LogP contribution in [0.3, 0.4) is 0 Å². The summed E-state index contributed by atoms with van der Waals surface area (Å²) in [6.07, 6.45) is 0. The van der Waals surface area contributed by atoms with Gasteiger partial charge in [0.15, 0.2) is 0 Å².